The van der Waals surface area contributed by atoms with Gasteiger partial charge in [0.05, 0.1) is 10.6 Å². The molecule has 4 aromatic carbocycles. The molecule has 0 aliphatic rings. The minimum absolute atomic E-state index is 0.285. The summed E-state index contributed by atoms with van der Waals surface area (Å²) in [6.45, 7) is 2.63. The summed E-state index contributed by atoms with van der Waals surface area (Å²) in [7, 11) is -3.67. The molecule has 4 nitrogen and oxygen atoms in total. The molecule has 4 aromatic rings. The summed E-state index contributed by atoms with van der Waals surface area (Å²) in [5.41, 5.74) is 1.69. The van der Waals surface area contributed by atoms with Crippen molar-refractivity contribution in [3.63, 3.8) is 0 Å². The molecule has 0 saturated carbocycles. The molecule has 0 heterocycles. The molecule has 0 radical (unpaired) electrons. The zero-order valence-corrected chi connectivity index (χ0v) is 17.5. The van der Waals surface area contributed by atoms with Crippen molar-refractivity contribution in [1.82, 2.24) is 0 Å². The van der Waals surface area contributed by atoms with E-state index in [1.54, 1.807) is 36.4 Å². The highest BCUT2D eigenvalue weighted by Crippen LogP contribution is 2.27. The molecule has 0 bridgehead atoms. The van der Waals surface area contributed by atoms with Crippen molar-refractivity contribution in [3.05, 3.63) is 103 Å². The lowest BCUT2D eigenvalue weighted by molar-refractivity contribution is 0.306. The predicted octanol–water partition coefficient (Wildman–Crippen LogP) is 5.63. The van der Waals surface area contributed by atoms with Gasteiger partial charge in [-0.15, -0.1) is 0 Å². The van der Waals surface area contributed by atoms with E-state index in [-0.39, 0.29) is 4.90 Å². The van der Waals surface area contributed by atoms with Gasteiger partial charge in [-0.25, -0.2) is 8.42 Å². The quantitative estimate of drug-likeness (QED) is 0.391. The number of hydrogen-bond acceptors (Lipinski definition) is 3. The second-order valence-electron chi connectivity index (χ2n) is 6.95. The molecule has 0 aliphatic heterocycles. The van der Waals surface area contributed by atoms with E-state index in [4.69, 9.17) is 4.74 Å². The molecule has 0 fully saturated rings. The maximum Gasteiger partial charge on any atom is 0.264 e. The third kappa shape index (κ3) is 4.16. The number of nitrogens with zero attached hydrogens (tertiary/aromatic N) is 1. The van der Waals surface area contributed by atoms with Gasteiger partial charge in [0, 0.05) is 6.54 Å². The summed E-state index contributed by atoms with van der Waals surface area (Å²) in [4.78, 5) is 0.285. The number of anilines is 1. The number of benzene rings is 4. The lowest BCUT2D eigenvalue weighted by Crippen LogP contribution is -2.30. The van der Waals surface area contributed by atoms with Crippen molar-refractivity contribution in [2.75, 3.05) is 10.8 Å². The average Bonchev–Trinajstić information content (AvgIpc) is 2.79. The summed E-state index contributed by atoms with van der Waals surface area (Å²) < 4.78 is 33.8. The summed E-state index contributed by atoms with van der Waals surface area (Å²) in [5.74, 6) is 0.696. The van der Waals surface area contributed by atoms with E-state index in [1.165, 1.54) is 4.31 Å². The van der Waals surface area contributed by atoms with Crippen molar-refractivity contribution < 1.29 is 13.2 Å². The smallest absolute Gasteiger partial charge is 0.264 e. The van der Waals surface area contributed by atoms with Gasteiger partial charge in [0.2, 0.25) is 0 Å². The third-order valence-electron chi connectivity index (χ3n) is 4.97. The molecule has 0 atom stereocenters. The number of rotatable bonds is 7. The Kier molecular flexibility index (Phi) is 5.72. The number of ether oxygens (including phenoxy) is 1. The lowest BCUT2D eigenvalue weighted by Gasteiger charge is -2.23. The fourth-order valence-corrected chi connectivity index (χ4v) is 4.91. The molecule has 0 saturated heterocycles. The van der Waals surface area contributed by atoms with Crippen molar-refractivity contribution in [2.45, 2.75) is 18.4 Å². The van der Waals surface area contributed by atoms with Crippen molar-refractivity contribution in [1.29, 1.82) is 0 Å². The van der Waals surface area contributed by atoms with Crippen LogP contribution in [0.1, 0.15) is 12.5 Å². The van der Waals surface area contributed by atoms with Crippen molar-refractivity contribution in [3.8, 4) is 5.75 Å². The van der Waals surface area contributed by atoms with Crippen LogP contribution in [0.15, 0.2) is 102 Å². The molecule has 4 rings (SSSR count). The second-order valence-corrected chi connectivity index (χ2v) is 8.81. The maximum atomic E-state index is 13.3. The molecule has 152 valence electrons. The first-order chi connectivity index (χ1) is 14.6. The van der Waals surface area contributed by atoms with E-state index < -0.39 is 10.0 Å². The molecular weight excluding hydrogens is 394 g/mol. The van der Waals surface area contributed by atoms with Crippen LogP contribution in [0.4, 0.5) is 5.69 Å². The molecule has 0 amide bonds. The fraction of sp³-hybridized carbons (Fsp3) is 0.120. The molecule has 0 unspecified atom stereocenters. The van der Waals surface area contributed by atoms with Gasteiger partial charge in [-0.05, 0) is 59.7 Å². The first kappa shape index (κ1) is 20.0. The molecular formula is C25H23NO3S. The minimum Gasteiger partial charge on any atom is -0.489 e. The number of sulfonamides is 1. The first-order valence-corrected chi connectivity index (χ1v) is 11.3. The van der Waals surface area contributed by atoms with Crippen LogP contribution in [0.25, 0.3) is 10.8 Å². The van der Waals surface area contributed by atoms with Gasteiger partial charge >= 0.3 is 0 Å². The first-order valence-electron chi connectivity index (χ1n) is 9.86. The molecule has 30 heavy (non-hydrogen) atoms. The monoisotopic (exact) mass is 417 g/mol. The van der Waals surface area contributed by atoms with E-state index in [1.807, 2.05) is 67.6 Å². The zero-order valence-electron chi connectivity index (χ0n) is 16.7. The van der Waals surface area contributed by atoms with Gasteiger partial charge in [-0.1, -0.05) is 60.7 Å². The van der Waals surface area contributed by atoms with Crippen molar-refractivity contribution >= 4 is 26.5 Å². The number of fused-ring (bicyclic) bond motifs is 1. The molecule has 0 aliphatic carbocycles. The average molecular weight is 418 g/mol. The van der Waals surface area contributed by atoms with Gasteiger partial charge < -0.3 is 4.74 Å². The largest absolute Gasteiger partial charge is 0.489 e. The Morgan fingerprint density at radius 3 is 2.13 bits per heavy atom. The fourth-order valence-electron chi connectivity index (χ4n) is 3.40. The summed E-state index contributed by atoms with van der Waals surface area (Å²) >= 11 is 0. The van der Waals surface area contributed by atoms with Crippen LogP contribution in [-0.4, -0.2) is 15.0 Å². The van der Waals surface area contributed by atoms with Crippen LogP contribution in [0.2, 0.25) is 0 Å². The summed E-state index contributed by atoms with van der Waals surface area (Å²) in [5, 5.41) is 1.92. The standard InChI is InChI=1S/C25H23NO3S/c1-2-26(30(27,28)25-17-12-21-10-6-7-11-22(21)18-25)23-13-15-24(16-14-23)29-19-20-8-4-3-5-9-20/h3-18H,2,19H2,1H3. The van der Waals surface area contributed by atoms with Crippen LogP contribution < -0.4 is 9.04 Å². The normalized spacial score (nSPS) is 11.4. The minimum atomic E-state index is -3.67. The van der Waals surface area contributed by atoms with Crippen molar-refractivity contribution in [2.24, 2.45) is 0 Å². The van der Waals surface area contributed by atoms with Gasteiger partial charge in [-0.2, -0.15) is 0 Å². The van der Waals surface area contributed by atoms with E-state index in [9.17, 15) is 8.42 Å². The Balaban J connectivity index is 1.56. The van der Waals surface area contributed by atoms with E-state index in [2.05, 4.69) is 0 Å². The highest BCUT2D eigenvalue weighted by molar-refractivity contribution is 7.92. The lowest BCUT2D eigenvalue weighted by atomic mass is 10.1. The van der Waals surface area contributed by atoms with E-state index in [0.29, 0.717) is 24.6 Å². The van der Waals surface area contributed by atoms with Gasteiger partial charge in [-0.3, -0.25) is 4.31 Å². The SMILES string of the molecule is CCN(c1ccc(OCc2ccccc2)cc1)S(=O)(=O)c1ccc2ccccc2c1. The molecule has 5 heteroatoms. The van der Waals surface area contributed by atoms with Crippen LogP contribution in [-0.2, 0) is 16.6 Å². The van der Waals surface area contributed by atoms with E-state index >= 15 is 0 Å². The topological polar surface area (TPSA) is 46.6 Å². The molecule has 0 spiro atoms. The highest BCUT2D eigenvalue weighted by atomic mass is 32.2. The van der Waals surface area contributed by atoms with Crippen LogP contribution in [0.5, 0.6) is 5.75 Å². The second kappa shape index (κ2) is 8.59. The van der Waals surface area contributed by atoms with Gasteiger partial charge in [0.25, 0.3) is 10.0 Å². The Morgan fingerprint density at radius 2 is 1.43 bits per heavy atom. The summed E-state index contributed by atoms with van der Waals surface area (Å²) in [6, 6.07) is 30.1. The van der Waals surface area contributed by atoms with Gasteiger partial charge in [0.1, 0.15) is 12.4 Å². The Labute approximate surface area is 177 Å². The summed E-state index contributed by atoms with van der Waals surface area (Å²) in [6.07, 6.45) is 0. The highest BCUT2D eigenvalue weighted by Gasteiger charge is 2.23. The Bertz CT molecular complexity index is 1240. The van der Waals surface area contributed by atoms with Crippen LogP contribution in [0.3, 0.4) is 0 Å². The van der Waals surface area contributed by atoms with E-state index in [0.717, 1.165) is 16.3 Å². The Hall–Kier alpha value is -3.31. The zero-order chi connectivity index (χ0) is 21.0. The van der Waals surface area contributed by atoms with Crippen LogP contribution in [0, 0.1) is 0 Å². The Morgan fingerprint density at radius 1 is 0.767 bits per heavy atom. The third-order valence-corrected chi connectivity index (χ3v) is 6.87. The number of hydrogen-bond donors (Lipinski definition) is 0. The maximum absolute atomic E-state index is 13.3. The molecule has 0 N–H and O–H groups in total. The van der Waals surface area contributed by atoms with Gasteiger partial charge in [0.15, 0.2) is 0 Å². The van der Waals surface area contributed by atoms with Crippen LogP contribution >= 0.6 is 0 Å². The molecule has 0 aromatic heterocycles. The predicted molar refractivity (Wildman–Crippen MR) is 121 cm³/mol.